The molecule has 1 aromatic heterocycles. The maximum absolute atomic E-state index is 11.5. The summed E-state index contributed by atoms with van der Waals surface area (Å²) in [4.78, 5) is 17.3. The first-order valence-electron chi connectivity index (χ1n) is 6.86. The smallest absolute Gasteiger partial charge is 0.0745 e. The van der Waals surface area contributed by atoms with Gasteiger partial charge in [0.15, 0.2) is 0 Å². The Balaban J connectivity index is 2.25. The fourth-order valence-electron chi connectivity index (χ4n) is 2.47. The largest absolute Gasteiger partial charge is 0.545 e. The summed E-state index contributed by atoms with van der Waals surface area (Å²) in [5, 5.41) is 12.1. The van der Waals surface area contributed by atoms with Gasteiger partial charge in [-0.05, 0) is 36.9 Å². The zero-order valence-corrected chi connectivity index (χ0v) is 13.1. The maximum atomic E-state index is 11.5. The monoisotopic (exact) mass is 308 g/mol. The van der Waals surface area contributed by atoms with Crippen LogP contribution in [0, 0.1) is 6.92 Å². The second-order valence-corrected chi connectivity index (χ2v) is 5.92. The highest BCUT2D eigenvalue weighted by molar-refractivity contribution is 7.98. The molecule has 0 saturated heterocycles. The lowest BCUT2D eigenvalue weighted by Gasteiger charge is -2.12. The number of carboxylic acids is 1. The van der Waals surface area contributed by atoms with Crippen molar-refractivity contribution in [2.45, 2.75) is 11.8 Å². The molecule has 1 heterocycles. The topological polar surface area (TPSA) is 53.0 Å². The predicted molar refractivity (Wildman–Crippen MR) is 88.0 cm³/mol. The van der Waals surface area contributed by atoms with Crippen LogP contribution in [0.3, 0.4) is 0 Å². The number of nitrogens with zero attached hydrogens (tertiary/aromatic N) is 1. The Kier molecular flexibility index (Phi) is 3.86. The van der Waals surface area contributed by atoms with Crippen molar-refractivity contribution < 1.29 is 9.90 Å². The first kappa shape index (κ1) is 14.6. The zero-order chi connectivity index (χ0) is 15.7. The number of hydrogen-bond acceptors (Lipinski definition) is 4. The molecule has 0 aliphatic heterocycles. The van der Waals surface area contributed by atoms with E-state index in [4.69, 9.17) is 0 Å². The van der Waals surface area contributed by atoms with E-state index in [0.29, 0.717) is 16.6 Å². The van der Waals surface area contributed by atoms with Crippen LogP contribution in [0.1, 0.15) is 15.9 Å². The Labute approximate surface area is 133 Å². The number of pyridine rings is 1. The zero-order valence-electron chi connectivity index (χ0n) is 12.3. The molecule has 0 N–H and O–H groups in total. The number of para-hydroxylation sites is 1. The Morgan fingerprint density at radius 3 is 2.50 bits per heavy atom. The fourth-order valence-corrected chi connectivity index (χ4v) is 2.88. The number of aryl methyl sites for hydroxylation is 1. The molecule has 3 rings (SSSR count). The highest BCUT2D eigenvalue weighted by atomic mass is 32.2. The van der Waals surface area contributed by atoms with Gasteiger partial charge in [0.25, 0.3) is 0 Å². The molecule has 0 aliphatic rings. The molecule has 4 heteroatoms. The molecule has 110 valence electrons. The summed E-state index contributed by atoms with van der Waals surface area (Å²) in [6, 6.07) is 15.0. The highest BCUT2D eigenvalue weighted by Gasteiger charge is 2.10. The molecule has 0 saturated carbocycles. The molecule has 0 unspecified atom stereocenters. The minimum absolute atomic E-state index is 0.178. The standard InChI is InChI=1S/C18H15NO2S/c1-11-4-3-5-14-15(18(20)21)10-16(19-17(11)14)12-6-8-13(22-2)9-7-12/h3-10H,1-2H3,(H,20,21)/p-1. The molecule has 0 aliphatic carbocycles. The van der Waals surface area contributed by atoms with Gasteiger partial charge < -0.3 is 9.90 Å². The van der Waals surface area contributed by atoms with Gasteiger partial charge in [-0.15, -0.1) is 11.8 Å². The Hall–Kier alpha value is -2.33. The van der Waals surface area contributed by atoms with Crippen molar-refractivity contribution in [1.82, 2.24) is 4.98 Å². The van der Waals surface area contributed by atoms with E-state index in [9.17, 15) is 9.90 Å². The number of benzene rings is 2. The van der Waals surface area contributed by atoms with Gasteiger partial charge in [-0.2, -0.15) is 0 Å². The lowest BCUT2D eigenvalue weighted by molar-refractivity contribution is -0.254. The summed E-state index contributed by atoms with van der Waals surface area (Å²) >= 11 is 1.66. The number of thioether (sulfide) groups is 1. The molecule has 0 spiro atoms. The van der Waals surface area contributed by atoms with E-state index in [0.717, 1.165) is 16.0 Å². The summed E-state index contributed by atoms with van der Waals surface area (Å²) < 4.78 is 0. The maximum Gasteiger partial charge on any atom is 0.0745 e. The van der Waals surface area contributed by atoms with Crippen molar-refractivity contribution in [3.8, 4) is 11.3 Å². The molecule has 0 radical (unpaired) electrons. The first-order valence-corrected chi connectivity index (χ1v) is 8.09. The summed E-state index contributed by atoms with van der Waals surface area (Å²) in [7, 11) is 0. The molecule has 22 heavy (non-hydrogen) atoms. The summed E-state index contributed by atoms with van der Waals surface area (Å²) in [6.07, 6.45) is 2.01. The van der Waals surface area contributed by atoms with Crippen molar-refractivity contribution in [3.63, 3.8) is 0 Å². The van der Waals surface area contributed by atoms with Crippen LogP contribution in [-0.2, 0) is 0 Å². The minimum Gasteiger partial charge on any atom is -0.545 e. The first-order chi connectivity index (χ1) is 10.6. The van der Waals surface area contributed by atoms with Crippen molar-refractivity contribution in [2.24, 2.45) is 0 Å². The molecule has 0 bridgehead atoms. The highest BCUT2D eigenvalue weighted by Crippen LogP contribution is 2.27. The van der Waals surface area contributed by atoms with E-state index in [-0.39, 0.29) is 5.56 Å². The van der Waals surface area contributed by atoms with Crippen LogP contribution >= 0.6 is 11.8 Å². The number of rotatable bonds is 3. The van der Waals surface area contributed by atoms with E-state index in [2.05, 4.69) is 4.98 Å². The quantitative estimate of drug-likeness (QED) is 0.697. The summed E-state index contributed by atoms with van der Waals surface area (Å²) in [6.45, 7) is 1.93. The van der Waals surface area contributed by atoms with Gasteiger partial charge in [-0.25, -0.2) is 4.98 Å². The second-order valence-electron chi connectivity index (χ2n) is 5.04. The van der Waals surface area contributed by atoms with Gasteiger partial charge in [0, 0.05) is 21.4 Å². The van der Waals surface area contributed by atoms with Crippen LogP contribution in [0.5, 0.6) is 0 Å². The number of carbonyl (C=O) groups excluding carboxylic acids is 1. The SMILES string of the molecule is CSc1ccc(-c2cc(C(=O)[O-])c3cccc(C)c3n2)cc1. The second kappa shape index (κ2) is 5.81. The van der Waals surface area contributed by atoms with Crippen molar-refractivity contribution in [2.75, 3.05) is 6.26 Å². The molecular formula is C18H14NO2S-. The van der Waals surface area contributed by atoms with E-state index >= 15 is 0 Å². The van der Waals surface area contributed by atoms with Crippen LogP contribution in [-0.4, -0.2) is 17.2 Å². The Bertz CT molecular complexity index is 857. The third kappa shape index (κ3) is 2.57. The number of aromatic carboxylic acids is 1. The van der Waals surface area contributed by atoms with E-state index in [1.54, 1.807) is 23.9 Å². The lowest BCUT2D eigenvalue weighted by atomic mass is 10.0. The van der Waals surface area contributed by atoms with Crippen LogP contribution in [0.25, 0.3) is 22.2 Å². The molecule has 3 nitrogen and oxygen atoms in total. The molecule has 0 fully saturated rings. The van der Waals surface area contributed by atoms with Gasteiger partial charge in [-0.1, -0.05) is 30.3 Å². The normalized spacial score (nSPS) is 10.8. The predicted octanol–water partition coefficient (Wildman–Crippen LogP) is 3.30. The average molecular weight is 308 g/mol. The van der Waals surface area contributed by atoms with E-state index in [1.807, 2.05) is 49.6 Å². The number of carboxylic acid groups (broad SMARTS) is 1. The summed E-state index contributed by atoms with van der Waals surface area (Å²) in [5.41, 5.74) is 3.37. The van der Waals surface area contributed by atoms with Crippen LogP contribution < -0.4 is 5.11 Å². The molecule has 0 atom stereocenters. The number of fused-ring (bicyclic) bond motifs is 1. The van der Waals surface area contributed by atoms with Gasteiger partial charge in [0.05, 0.1) is 17.2 Å². The Morgan fingerprint density at radius 1 is 1.14 bits per heavy atom. The van der Waals surface area contributed by atoms with Crippen molar-refractivity contribution in [1.29, 1.82) is 0 Å². The molecule has 3 aromatic rings. The van der Waals surface area contributed by atoms with Gasteiger partial charge in [0.1, 0.15) is 0 Å². The van der Waals surface area contributed by atoms with E-state index < -0.39 is 5.97 Å². The van der Waals surface area contributed by atoms with Gasteiger partial charge >= 0.3 is 0 Å². The lowest BCUT2D eigenvalue weighted by Crippen LogP contribution is -2.22. The van der Waals surface area contributed by atoms with E-state index in [1.165, 1.54) is 0 Å². The van der Waals surface area contributed by atoms with Gasteiger partial charge in [-0.3, -0.25) is 0 Å². The van der Waals surface area contributed by atoms with Crippen LogP contribution in [0.2, 0.25) is 0 Å². The Morgan fingerprint density at radius 2 is 1.86 bits per heavy atom. The molecular weight excluding hydrogens is 294 g/mol. The molecule has 0 amide bonds. The summed E-state index contributed by atoms with van der Waals surface area (Å²) in [5.74, 6) is -1.18. The molecule has 2 aromatic carbocycles. The van der Waals surface area contributed by atoms with Gasteiger partial charge in [0.2, 0.25) is 0 Å². The number of hydrogen-bond donors (Lipinski definition) is 0. The van der Waals surface area contributed by atoms with Crippen molar-refractivity contribution in [3.05, 3.63) is 59.7 Å². The minimum atomic E-state index is -1.18. The number of aromatic nitrogens is 1. The van der Waals surface area contributed by atoms with Crippen LogP contribution in [0.15, 0.2) is 53.4 Å². The third-order valence-corrected chi connectivity index (χ3v) is 4.39. The average Bonchev–Trinajstić information content (AvgIpc) is 2.54. The van der Waals surface area contributed by atoms with Crippen LogP contribution in [0.4, 0.5) is 0 Å². The fraction of sp³-hybridized carbons (Fsp3) is 0.111. The van der Waals surface area contributed by atoms with Crippen molar-refractivity contribution >= 4 is 28.6 Å². The third-order valence-electron chi connectivity index (χ3n) is 3.65. The number of carbonyl (C=O) groups is 1.